The number of carbonyl (C=O) groups is 1. The molecule has 10 heterocycles. The Morgan fingerprint density at radius 1 is 0.786 bits per heavy atom. The van der Waals surface area contributed by atoms with Gasteiger partial charge in [-0.05, 0) is 0 Å². The van der Waals surface area contributed by atoms with Crippen LogP contribution in [0.15, 0.2) is 60.7 Å². The Balaban J connectivity index is 1.33. The van der Waals surface area contributed by atoms with Crippen LogP contribution in [-0.4, -0.2) is 9.84 Å². The van der Waals surface area contributed by atoms with Crippen LogP contribution in [0.4, 0.5) is 0 Å². The maximum atomic E-state index is 15.7. The third kappa shape index (κ3) is 0.197. The van der Waals surface area contributed by atoms with Crippen molar-refractivity contribution < 1.29 is 15.9 Å². The zero-order valence-electron chi connectivity index (χ0n) is 15.5. The molecule has 0 amide bonds. The predicted molar refractivity (Wildman–Crippen MR) is 106 cm³/mol. The Labute approximate surface area is 153 Å². The van der Waals surface area contributed by atoms with Crippen LogP contribution < -0.4 is 10.6 Å². The van der Waals surface area contributed by atoms with Crippen LogP contribution in [0.2, 0.25) is 42.8 Å². The van der Waals surface area contributed by atoms with Gasteiger partial charge >= 0.3 is 154 Å². The number of fused-ring (bicyclic) bond motifs is 10. The van der Waals surface area contributed by atoms with Crippen molar-refractivity contribution in [3.8, 4) is 0 Å². The second kappa shape index (κ2) is 1.45. The molecule has 2 aromatic rings. The fourth-order valence-corrected chi connectivity index (χ4v) is 114. The third-order valence-corrected chi connectivity index (χ3v) is 68.8. The molecule has 0 aliphatic carbocycles. The van der Waals surface area contributed by atoms with E-state index in [1.165, 1.54) is 0 Å². The molecular formula is C24H21FeO2P. The molecular weight excluding hydrogens is 407 g/mol. The summed E-state index contributed by atoms with van der Waals surface area (Å²) in [6, 6.07) is 21.0. The molecule has 10 saturated heterocycles. The first-order valence-corrected chi connectivity index (χ1v) is 18.7. The number of hydrogen-bond donors (Lipinski definition) is 0. The second-order valence-electron chi connectivity index (χ2n) is 13.6. The standard InChI is InChI=1S/C17H14OP.C7H7O.Fe/c18-19(17-13-7-8-14-17,15-9-3-1-4-10-15)16-11-5-2-6-12-16;1-6(8)7-4-2-3-5-7;/h1-14H;2-5H,1H3;. The van der Waals surface area contributed by atoms with Crippen molar-refractivity contribution in [1.82, 2.24) is 0 Å². The van der Waals surface area contributed by atoms with Crippen molar-refractivity contribution in [1.29, 1.82) is 0 Å². The molecule has 0 aromatic heterocycles. The molecule has 10 aliphatic rings. The predicted octanol–water partition coefficient (Wildman–Crippen LogP) is 5.26. The van der Waals surface area contributed by atoms with Crippen molar-refractivity contribution in [2.75, 3.05) is 0 Å². The van der Waals surface area contributed by atoms with Crippen LogP contribution in [0.5, 0.6) is 0 Å². The molecule has 2 aromatic carbocycles. The molecule has 2 nitrogen and oxygen atoms in total. The van der Waals surface area contributed by atoms with Gasteiger partial charge < -0.3 is 0 Å². The van der Waals surface area contributed by atoms with Crippen molar-refractivity contribution in [2.24, 2.45) is 0 Å². The Kier molecular flexibility index (Phi) is 0.650. The first-order valence-electron chi connectivity index (χ1n) is 10.8. The van der Waals surface area contributed by atoms with Gasteiger partial charge in [0.2, 0.25) is 0 Å². The van der Waals surface area contributed by atoms with Crippen LogP contribution in [0.3, 0.4) is 0 Å². The normalized spacial score (nSPS) is 79.9. The minimum atomic E-state index is -4.09. The van der Waals surface area contributed by atoms with Gasteiger partial charge in [0, 0.05) is 0 Å². The molecule has 8 atom stereocenters. The number of carbonyl (C=O) groups excluding carboxylic acids is 1. The summed E-state index contributed by atoms with van der Waals surface area (Å²) in [4.78, 5) is 20.4. The fourth-order valence-electron chi connectivity index (χ4n) is 20.1. The number of ketones is 1. The van der Waals surface area contributed by atoms with Gasteiger partial charge in [-0.3, -0.25) is 0 Å². The van der Waals surface area contributed by atoms with Crippen LogP contribution in [0.25, 0.3) is 0 Å². The third-order valence-electron chi connectivity index (χ3n) is 18.0. The average molecular weight is 428 g/mol. The maximum absolute atomic E-state index is 15.7. The molecule has 0 radical (unpaired) electrons. The van der Waals surface area contributed by atoms with Crippen LogP contribution in [0.1, 0.15) is 6.92 Å². The first kappa shape index (κ1) is 12.5. The van der Waals surface area contributed by atoms with Gasteiger partial charge in [-0.15, -0.1) is 0 Å². The van der Waals surface area contributed by atoms with Gasteiger partial charge in [-0.25, -0.2) is 0 Å². The quantitative estimate of drug-likeness (QED) is 0.492. The van der Waals surface area contributed by atoms with E-state index in [4.69, 9.17) is 0 Å². The Hall–Kier alpha value is -1.14. The molecule has 142 valence electrons. The Morgan fingerprint density at radius 2 is 1.21 bits per heavy atom. The number of benzene rings is 2. The van der Waals surface area contributed by atoms with E-state index < -0.39 is 13.7 Å². The van der Waals surface area contributed by atoms with Crippen LogP contribution >= 0.6 is 7.14 Å². The summed E-state index contributed by atoms with van der Waals surface area (Å²) in [6.45, 7) is -2.16. The van der Waals surface area contributed by atoms with E-state index in [1.54, 1.807) is 0 Å². The Bertz CT molecular complexity index is 1680. The zero-order valence-corrected chi connectivity index (χ0v) is 17.5. The molecule has 1 spiro atoms. The number of Topliss-reactive ketones (excluding diaryl/α,β-unsaturated/α-hetero) is 1. The Morgan fingerprint density at radius 3 is 1.54 bits per heavy atom. The molecule has 0 saturated carbocycles. The van der Waals surface area contributed by atoms with Crippen molar-refractivity contribution in [3.63, 3.8) is 0 Å². The van der Waals surface area contributed by atoms with E-state index in [2.05, 4.69) is 60.7 Å². The van der Waals surface area contributed by atoms with E-state index >= 15 is 4.57 Å². The van der Waals surface area contributed by atoms with E-state index in [1.807, 2.05) is 6.92 Å². The molecule has 10 aliphatic heterocycles. The molecule has 0 bridgehead atoms. The SMILES string of the molecule is CC(=O)[C]12[CH]3[CH]4[CH]5[CH]1[Fe]45321678[CH]2[CH]1[CH]6[C]7(P(=O)(c1ccccc1)c1ccccc1)[CH]28. The van der Waals surface area contributed by atoms with Gasteiger partial charge in [-0.2, -0.15) is 0 Å². The summed E-state index contributed by atoms with van der Waals surface area (Å²) in [7, 11) is -2.74. The summed E-state index contributed by atoms with van der Waals surface area (Å²) in [5, 5.41) is 2.21. The first-order chi connectivity index (χ1) is 13.3. The van der Waals surface area contributed by atoms with Gasteiger partial charge in [0.15, 0.2) is 0 Å². The molecule has 4 heteroatoms. The van der Waals surface area contributed by atoms with Crippen LogP contribution in [-0.2, 0) is 15.9 Å². The summed E-state index contributed by atoms with van der Waals surface area (Å²) in [5.41, 5.74) is 0. The molecule has 12 rings (SSSR count). The minimum absolute atomic E-state index is 0.135. The van der Waals surface area contributed by atoms with Gasteiger partial charge in [0.05, 0.1) is 0 Å². The topological polar surface area (TPSA) is 34.1 Å². The number of rotatable bonds is 4. The zero-order chi connectivity index (χ0) is 18.2. The summed E-state index contributed by atoms with van der Waals surface area (Å²) in [5.74, 6) is 0.561. The second-order valence-corrected chi connectivity index (χ2v) is 40.2. The van der Waals surface area contributed by atoms with Crippen molar-refractivity contribution >= 4 is 23.5 Å². The van der Waals surface area contributed by atoms with E-state index in [0.717, 1.165) is 49.1 Å². The summed E-state index contributed by atoms with van der Waals surface area (Å²) < 4.78 is 16.0. The van der Waals surface area contributed by atoms with E-state index in [9.17, 15) is 4.79 Å². The van der Waals surface area contributed by atoms with Gasteiger partial charge in [0.1, 0.15) is 0 Å². The van der Waals surface area contributed by atoms with E-state index in [0.29, 0.717) is 5.78 Å². The fraction of sp³-hybridized carbons (Fsp3) is 0.458. The molecule has 0 N–H and O–H groups in total. The molecule has 28 heavy (non-hydrogen) atoms. The van der Waals surface area contributed by atoms with Gasteiger partial charge in [-0.1, -0.05) is 0 Å². The number of hydrogen-bond acceptors (Lipinski definition) is 2. The van der Waals surface area contributed by atoms with Crippen LogP contribution in [0, 0.1) is 0 Å². The van der Waals surface area contributed by atoms with Crippen molar-refractivity contribution in [2.45, 2.75) is 53.8 Å². The van der Waals surface area contributed by atoms with E-state index in [-0.39, 0.29) is 8.37 Å². The average Bonchev–Trinajstić information content (AvgIpc) is 3.67. The monoisotopic (exact) mass is 428 g/mol. The molecule has 8 unspecified atom stereocenters. The summed E-state index contributed by atoms with van der Waals surface area (Å²) in [6.07, 6.45) is 0. The van der Waals surface area contributed by atoms with Crippen molar-refractivity contribution in [3.05, 3.63) is 60.7 Å². The summed E-state index contributed by atoms with van der Waals surface area (Å²) >= 11 is 0. The van der Waals surface area contributed by atoms with Gasteiger partial charge in [0.25, 0.3) is 0 Å². The molecule has 10 fully saturated rings.